The van der Waals surface area contributed by atoms with Crippen LogP contribution in [0.1, 0.15) is 25.3 Å². The second-order valence-electron chi connectivity index (χ2n) is 5.52. The van der Waals surface area contributed by atoms with Gasteiger partial charge in [0.2, 0.25) is 0 Å². The van der Waals surface area contributed by atoms with Crippen molar-refractivity contribution in [2.24, 2.45) is 0 Å². The molecule has 0 amide bonds. The first-order valence-corrected chi connectivity index (χ1v) is 7.99. The minimum absolute atomic E-state index is 0.0215. The SMILES string of the molecule is Cc1ccc(S(=O)(=O)OC[C@H]2CC[C@](C)(O)CO2)cc1. The van der Waals surface area contributed by atoms with Gasteiger partial charge >= 0.3 is 0 Å². The van der Waals surface area contributed by atoms with Crippen molar-refractivity contribution in [2.45, 2.75) is 43.3 Å². The molecule has 1 N–H and O–H groups in total. The van der Waals surface area contributed by atoms with Crippen LogP contribution in [0.3, 0.4) is 0 Å². The third-order valence-electron chi connectivity index (χ3n) is 3.35. The van der Waals surface area contributed by atoms with Crippen molar-refractivity contribution in [3.8, 4) is 0 Å². The summed E-state index contributed by atoms with van der Waals surface area (Å²) in [5.41, 5.74) is 0.161. The minimum Gasteiger partial charge on any atom is -0.388 e. The van der Waals surface area contributed by atoms with Crippen LogP contribution in [0.25, 0.3) is 0 Å². The van der Waals surface area contributed by atoms with Gasteiger partial charge in [-0.25, -0.2) is 0 Å². The van der Waals surface area contributed by atoms with Crippen LogP contribution in [0, 0.1) is 6.92 Å². The van der Waals surface area contributed by atoms with E-state index in [1.165, 1.54) is 12.1 Å². The van der Waals surface area contributed by atoms with Crippen LogP contribution >= 0.6 is 0 Å². The van der Waals surface area contributed by atoms with Crippen LogP contribution in [0.2, 0.25) is 0 Å². The molecule has 20 heavy (non-hydrogen) atoms. The molecule has 1 aliphatic heterocycles. The molecule has 1 aromatic carbocycles. The van der Waals surface area contributed by atoms with E-state index in [4.69, 9.17) is 8.92 Å². The number of hydrogen-bond donors (Lipinski definition) is 1. The summed E-state index contributed by atoms with van der Waals surface area (Å²) in [6.07, 6.45) is 0.859. The molecule has 2 rings (SSSR count). The zero-order valence-corrected chi connectivity index (χ0v) is 12.5. The van der Waals surface area contributed by atoms with Crippen LogP contribution < -0.4 is 0 Å². The zero-order chi connectivity index (χ0) is 14.8. The smallest absolute Gasteiger partial charge is 0.297 e. The molecule has 112 valence electrons. The molecule has 0 aliphatic carbocycles. The van der Waals surface area contributed by atoms with E-state index in [0.717, 1.165) is 5.56 Å². The average Bonchev–Trinajstić information content (AvgIpc) is 2.38. The fourth-order valence-electron chi connectivity index (χ4n) is 1.99. The Morgan fingerprint density at radius 1 is 1.40 bits per heavy atom. The van der Waals surface area contributed by atoms with Gasteiger partial charge < -0.3 is 9.84 Å². The van der Waals surface area contributed by atoms with Gasteiger partial charge in [-0.3, -0.25) is 4.18 Å². The molecule has 2 atom stereocenters. The van der Waals surface area contributed by atoms with Gasteiger partial charge in [-0.1, -0.05) is 17.7 Å². The Labute approximate surface area is 119 Å². The first kappa shape index (κ1) is 15.4. The Bertz CT molecular complexity index is 537. The summed E-state index contributed by atoms with van der Waals surface area (Å²) in [6.45, 7) is 3.77. The van der Waals surface area contributed by atoms with Gasteiger partial charge in [0, 0.05) is 0 Å². The van der Waals surface area contributed by atoms with Crippen LogP contribution in [0.15, 0.2) is 29.2 Å². The van der Waals surface area contributed by atoms with Gasteiger partial charge in [0.1, 0.15) is 0 Å². The van der Waals surface area contributed by atoms with Crippen LogP contribution in [-0.2, 0) is 19.0 Å². The quantitative estimate of drug-likeness (QED) is 0.856. The van der Waals surface area contributed by atoms with E-state index in [1.807, 2.05) is 6.92 Å². The summed E-state index contributed by atoms with van der Waals surface area (Å²) >= 11 is 0. The normalized spacial score (nSPS) is 27.4. The second kappa shape index (κ2) is 5.81. The summed E-state index contributed by atoms with van der Waals surface area (Å²) in [5, 5.41) is 9.74. The Balaban J connectivity index is 1.92. The lowest BCUT2D eigenvalue weighted by Crippen LogP contribution is -2.40. The van der Waals surface area contributed by atoms with Gasteiger partial charge in [-0.15, -0.1) is 0 Å². The highest BCUT2D eigenvalue weighted by Gasteiger charge is 2.30. The van der Waals surface area contributed by atoms with Crippen molar-refractivity contribution in [3.63, 3.8) is 0 Å². The Hall–Kier alpha value is -0.950. The van der Waals surface area contributed by atoms with E-state index in [9.17, 15) is 13.5 Å². The molecule has 6 heteroatoms. The summed E-state index contributed by atoms with van der Waals surface area (Å²) in [6, 6.07) is 6.50. The van der Waals surface area contributed by atoms with E-state index in [-0.39, 0.29) is 24.2 Å². The fourth-order valence-corrected chi connectivity index (χ4v) is 2.93. The first-order valence-electron chi connectivity index (χ1n) is 6.59. The highest BCUT2D eigenvalue weighted by Crippen LogP contribution is 2.23. The van der Waals surface area contributed by atoms with Crippen molar-refractivity contribution in [1.29, 1.82) is 0 Å². The summed E-state index contributed by atoms with van der Waals surface area (Å²) in [5.74, 6) is 0. The molecule has 1 aliphatic rings. The third-order valence-corrected chi connectivity index (χ3v) is 4.65. The Kier molecular flexibility index (Phi) is 4.49. The lowest BCUT2D eigenvalue weighted by molar-refractivity contribution is -0.117. The largest absolute Gasteiger partial charge is 0.388 e. The van der Waals surface area contributed by atoms with Crippen molar-refractivity contribution in [3.05, 3.63) is 29.8 Å². The molecule has 0 saturated carbocycles. The standard InChI is InChI=1S/C14H20O5S/c1-11-3-5-13(6-4-11)20(16,17)19-9-12-7-8-14(2,15)10-18-12/h3-6,12,15H,7-10H2,1-2H3/t12-,14+/m1/s1. The topological polar surface area (TPSA) is 72.8 Å². The van der Waals surface area contributed by atoms with Crippen molar-refractivity contribution in [2.75, 3.05) is 13.2 Å². The van der Waals surface area contributed by atoms with Crippen molar-refractivity contribution >= 4 is 10.1 Å². The number of aryl methyl sites for hydroxylation is 1. The Morgan fingerprint density at radius 2 is 2.05 bits per heavy atom. The van der Waals surface area contributed by atoms with Crippen molar-refractivity contribution in [1.82, 2.24) is 0 Å². The van der Waals surface area contributed by atoms with Crippen molar-refractivity contribution < 1.29 is 22.4 Å². The molecule has 0 bridgehead atoms. The van der Waals surface area contributed by atoms with Gasteiger partial charge in [-0.2, -0.15) is 8.42 Å². The molecule has 5 nitrogen and oxygen atoms in total. The van der Waals surface area contributed by atoms with Crippen LogP contribution in [0.4, 0.5) is 0 Å². The molecule has 0 radical (unpaired) electrons. The molecule has 0 spiro atoms. The predicted molar refractivity (Wildman–Crippen MR) is 73.9 cm³/mol. The molecule has 1 fully saturated rings. The number of hydrogen-bond acceptors (Lipinski definition) is 5. The summed E-state index contributed by atoms with van der Waals surface area (Å²) in [4.78, 5) is 0.144. The first-order chi connectivity index (χ1) is 9.28. The van der Waals surface area contributed by atoms with E-state index in [1.54, 1.807) is 19.1 Å². The number of rotatable bonds is 4. The summed E-state index contributed by atoms with van der Waals surface area (Å²) < 4.78 is 34.4. The highest BCUT2D eigenvalue weighted by molar-refractivity contribution is 7.86. The van der Waals surface area contributed by atoms with Gasteiger partial charge in [0.05, 0.1) is 29.8 Å². The molecular formula is C14H20O5S. The molecule has 0 aromatic heterocycles. The average molecular weight is 300 g/mol. The molecule has 1 heterocycles. The second-order valence-corrected chi connectivity index (χ2v) is 7.14. The van der Waals surface area contributed by atoms with E-state index >= 15 is 0 Å². The lowest BCUT2D eigenvalue weighted by atomic mass is 9.96. The summed E-state index contributed by atoms with van der Waals surface area (Å²) in [7, 11) is -3.75. The molecular weight excluding hydrogens is 280 g/mol. The van der Waals surface area contributed by atoms with Gasteiger partial charge in [0.25, 0.3) is 10.1 Å². The number of aliphatic hydroxyl groups is 1. The Morgan fingerprint density at radius 3 is 2.60 bits per heavy atom. The van der Waals surface area contributed by atoms with Crippen LogP contribution in [-0.4, -0.2) is 38.4 Å². The van der Waals surface area contributed by atoms with Gasteiger partial charge in [-0.05, 0) is 38.8 Å². The van der Waals surface area contributed by atoms with Gasteiger partial charge in [0.15, 0.2) is 0 Å². The zero-order valence-electron chi connectivity index (χ0n) is 11.7. The monoisotopic (exact) mass is 300 g/mol. The number of benzene rings is 1. The molecule has 0 unspecified atom stereocenters. The maximum Gasteiger partial charge on any atom is 0.297 e. The minimum atomic E-state index is -3.75. The van der Waals surface area contributed by atoms with E-state index in [0.29, 0.717) is 12.8 Å². The number of ether oxygens (including phenoxy) is 1. The van der Waals surface area contributed by atoms with Crippen LogP contribution in [0.5, 0.6) is 0 Å². The molecule has 1 saturated heterocycles. The molecule has 1 aromatic rings. The fraction of sp³-hybridized carbons (Fsp3) is 0.571. The van der Waals surface area contributed by atoms with E-state index < -0.39 is 15.7 Å². The van der Waals surface area contributed by atoms with E-state index in [2.05, 4.69) is 0 Å². The third kappa shape index (κ3) is 4.02. The maximum absolute atomic E-state index is 12.0. The maximum atomic E-state index is 12.0. The highest BCUT2D eigenvalue weighted by atomic mass is 32.2. The lowest BCUT2D eigenvalue weighted by Gasteiger charge is -2.32. The predicted octanol–water partition coefficient (Wildman–Crippen LogP) is 1.63.